The van der Waals surface area contributed by atoms with Crippen LogP contribution in [-0.4, -0.2) is 60.1 Å². The Morgan fingerprint density at radius 2 is 0.900 bits per heavy atom. The fourth-order valence-electron chi connectivity index (χ4n) is 4.76. The standard InChI is InChI=1S/C29H35N7.3ClH.Fe/c1-5-33(6-2)20-35-26-18-11-9-14-22(26)31-28(35)24-16-13-17-25(30-24)29-32-23-15-10-12-19-27(23)36(29)21-34(7-3)8-4;;;;/h9-19H,5-8,20-21H2,1-4H3;3*1H;/q;;;;+3/p-3. The van der Waals surface area contributed by atoms with Gasteiger partial charge in [-0.2, -0.15) is 0 Å². The summed E-state index contributed by atoms with van der Waals surface area (Å²) in [6.45, 7) is 14.2. The number of para-hydroxylation sites is 4. The number of aromatic nitrogens is 5. The molecule has 3 heterocycles. The van der Waals surface area contributed by atoms with E-state index in [1.165, 1.54) is 0 Å². The minimum Gasteiger partial charge on any atom is -1.00 e. The zero-order chi connectivity index (χ0) is 25.1. The Labute approximate surface area is 266 Å². The van der Waals surface area contributed by atoms with Crippen LogP contribution in [0, 0.1) is 0 Å². The fraction of sp³-hybridized carbons (Fsp3) is 0.345. The Kier molecular flexibility index (Phi) is 14.6. The zero-order valence-corrected chi connectivity index (χ0v) is 26.6. The van der Waals surface area contributed by atoms with Crippen LogP contribution in [0.25, 0.3) is 45.1 Å². The molecule has 11 heteroatoms. The Balaban J connectivity index is 0.00000200. The number of imidazole rings is 2. The van der Waals surface area contributed by atoms with E-state index in [1.807, 2.05) is 12.1 Å². The summed E-state index contributed by atoms with van der Waals surface area (Å²) in [7, 11) is 0. The maximum Gasteiger partial charge on any atom is 3.00 e. The molecule has 1 radical (unpaired) electrons. The first-order chi connectivity index (χ1) is 17.7. The van der Waals surface area contributed by atoms with Crippen molar-refractivity contribution in [2.45, 2.75) is 41.0 Å². The first kappa shape index (κ1) is 35.9. The molecule has 2 aromatic carbocycles. The molecule has 215 valence electrons. The molecule has 3 aromatic heterocycles. The quantitative estimate of drug-likeness (QED) is 0.150. The van der Waals surface area contributed by atoms with Gasteiger partial charge in [0.15, 0.2) is 11.6 Å². The molecule has 0 aliphatic carbocycles. The van der Waals surface area contributed by atoms with Crippen molar-refractivity contribution in [1.29, 1.82) is 0 Å². The van der Waals surface area contributed by atoms with E-state index in [-0.39, 0.29) is 54.3 Å². The van der Waals surface area contributed by atoms with Crippen molar-refractivity contribution in [2.75, 3.05) is 26.2 Å². The predicted molar refractivity (Wildman–Crippen MR) is 148 cm³/mol. The Hall–Kier alpha value is -2.16. The third kappa shape index (κ3) is 7.18. The number of fused-ring (bicyclic) bond motifs is 2. The van der Waals surface area contributed by atoms with Crippen LogP contribution in [0.3, 0.4) is 0 Å². The second-order valence-corrected chi connectivity index (χ2v) is 9.00. The molecule has 0 fully saturated rings. The fourth-order valence-corrected chi connectivity index (χ4v) is 4.76. The van der Waals surface area contributed by atoms with Crippen LogP contribution < -0.4 is 37.2 Å². The number of benzene rings is 2. The summed E-state index contributed by atoms with van der Waals surface area (Å²) in [6.07, 6.45) is 0. The predicted octanol–water partition coefficient (Wildman–Crippen LogP) is -3.28. The monoisotopic (exact) mass is 642 g/mol. The molecule has 0 spiro atoms. The number of nitrogens with zero attached hydrogens (tertiary/aromatic N) is 7. The van der Waals surface area contributed by atoms with Crippen LogP contribution in [0.2, 0.25) is 0 Å². The largest absolute Gasteiger partial charge is 3.00 e. The minimum atomic E-state index is 0. The van der Waals surface area contributed by atoms with Crippen LogP contribution >= 0.6 is 0 Å². The van der Waals surface area contributed by atoms with Gasteiger partial charge in [0.1, 0.15) is 11.4 Å². The van der Waals surface area contributed by atoms with Gasteiger partial charge in [0, 0.05) is 0 Å². The summed E-state index contributed by atoms with van der Waals surface area (Å²) in [5.41, 5.74) is 5.94. The van der Waals surface area contributed by atoms with E-state index in [0.717, 1.165) is 84.6 Å². The molecule has 0 saturated carbocycles. The summed E-state index contributed by atoms with van der Waals surface area (Å²) in [4.78, 5) is 20.0. The molecule has 0 saturated heterocycles. The molecule has 5 rings (SSSR count). The van der Waals surface area contributed by atoms with Gasteiger partial charge in [0.05, 0.1) is 35.4 Å². The molecular formula is C29H35Cl3FeN7. The van der Waals surface area contributed by atoms with Gasteiger partial charge in [-0.15, -0.1) is 0 Å². The van der Waals surface area contributed by atoms with Crippen molar-refractivity contribution in [3.05, 3.63) is 66.7 Å². The summed E-state index contributed by atoms with van der Waals surface area (Å²) in [5, 5.41) is 0. The Morgan fingerprint density at radius 3 is 1.27 bits per heavy atom. The molecule has 0 aliphatic heterocycles. The molecular weight excluding hydrogens is 609 g/mol. The van der Waals surface area contributed by atoms with Crippen LogP contribution in [0.15, 0.2) is 66.7 Å². The van der Waals surface area contributed by atoms with Gasteiger partial charge < -0.3 is 46.4 Å². The van der Waals surface area contributed by atoms with Gasteiger partial charge in [-0.3, -0.25) is 9.80 Å². The van der Waals surface area contributed by atoms with Crippen molar-refractivity contribution in [2.24, 2.45) is 0 Å². The molecule has 0 amide bonds. The number of hydrogen-bond donors (Lipinski definition) is 0. The smallest absolute Gasteiger partial charge is 1.00 e. The Bertz CT molecular complexity index is 1370. The van der Waals surface area contributed by atoms with Crippen LogP contribution in [0.1, 0.15) is 27.7 Å². The van der Waals surface area contributed by atoms with E-state index in [9.17, 15) is 0 Å². The molecule has 0 N–H and O–H groups in total. The summed E-state index contributed by atoms with van der Waals surface area (Å²) < 4.78 is 4.57. The van der Waals surface area contributed by atoms with Crippen LogP contribution in [0.5, 0.6) is 0 Å². The number of hydrogen-bond acceptors (Lipinski definition) is 5. The van der Waals surface area contributed by atoms with E-state index in [0.29, 0.717) is 0 Å². The van der Waals surface area contributed by atoms with Gasteiger partial charge in [-0.1, -0.05) is 58.0 Å². The maximum absolute atomic E-state index is 5.14. The zero-order valence-electron chi connectivity index (χ0n) is 23.2. The van der Waals surface area contributed by atoms with Crippen molar-refractivity contribution >= 4 is 22.1 Å². The summed E-state index contributed by atoms with van der Waals surface area (Å²) >= 11 is 0. The van der Waals surface area contributed by atoms with Gasteiger partial charge in [0.2, 0.25) is 0 Å². The van der Waals surface area contributed by atoms with E-state index < -0.39 is 0 Å². The van der Waals surface area contributed by atoms with Crippen molar-refractivity contribution < 1.29 is 54.3 Å². The number of rotatable bonds is 10. The maximum atomic E-state index is 5.14. The molecule has 40 heavy (non-hydrogen) atoms. The normalized spacial score (nSPS) is 10.8. The minimum absolute atomic E-state index is 0. The summed E-state index contributed by atoms with van der Waals surface area (Å²) in [5.74, 6) is 1.77. The van der Waals surface area contributed by atoms with Gasteiger partial charge >= 0.3 is 17.1 Å². The van der Waals surface area contributed by atoms with Gasteiger partial charge in [0.25, 0.3) is 0 Å². The van der Waals surface area contributed by atoms with Crippen LogP contribution in [0.4, 0.5) is 0 Å². The summed E-state index contributed by atoms with van der Waals surface area (Å²) in [6, 6.07) is 22.8. The van der Waals surface area contributed by atoms with Gasteiger partial charge in [-0.25, -0.2) is 15.0 Å². The third-order valence-corrected chi connectivity index (χ3v) is 6.99. The molecule has 0 atom stereocenters. The first-order valence-corrected chi connectivity index (χ1v) is 13.0. The average Bonchev–Trinajstić information content (AvgIpc) is 3.48. The second-order valence-electron chi connectivity index (χ2n) is 9.00. The second kappa shape index (κ2) is 16.3. The molecule has 0 unspecified atom stereocenters. The van der Waals surface area contributed by atoms with E-state index in [4.69, 9.17) is 15.0 Å². The SMILES string of the molecule is CCN(CC)Cn1c(-c2cccc(-c3nc4ccccc4n3CN(CC)CC)n2)nc2ccccc21.[Cl-].[Cl-].[Cl-].[Fe+3]. The Morgan fingerprint density at radius 1 is 0.525 bits per heavy atom. The van der Waals surface area contributed by atoms with Crippen molar-refractivity contribution in [1.82, 2.24) is 33.9 Å². The number of halogens is 3. The molecule has 5 aromatic rings. The van der Waals surface area contributed by atoms with E-state index in [1.54, 1.807) is 0 Å². The van der Waals surface area contributed by atoms with Crippen molar-refractivity contribution in [3.8, 4) is 23.0 Å². The van der Waals surface area contributed by atoms with Crippen molar-refractivity contribution in [3.63, 3.8) is 0 Å². The molecule has 0 aliphatic rings. The molecule has 0 bridgehead atoms. The topological polar surface area (TPSA) is 55.0 Å². The number of pyridine rings is 1. The molecule has 7 nitrogen and oxygen atoms in total. The van der Waals surface area contributed by atoms with Gasteiger partial charge in [-0.05, 0) is 62.6 Å². The van der Waals surface area contributed by atoms with Crippen LogP contribution in [-0.2, 0) is 30.4 Å². The van der Waals surface area contributed by atoms with E-state index in [2.05, 4.69) is 101 Å². The first-order valence-electron chi connectivity index (χ1n) is 13.0. The third-order valence-electron chi connectivity index (χ3n) is 6.99. The van der Waals surface area contributed by atoms with E-state index >= 15 is 0 Å². The average molecular weight is 644 g/mol.